The zero-order chi connectivity index (χ0) is 16.3. The summed E-state index contributed by atoms with van der Waals surface area (Å²) in [5.74, 6) is 0.208. The summed E-state index contributed by atoms with van der Waals surface area (Å²) in [4.78, 5) is 30.0. The lowest BCUT2D eigenvalue weighted by Crippen LogP contribution is -2.54. The molecule has 2 amide bonds. The van der Waals surface area contributed by atoms with Gasteiger partial charge in [0.1, 0.15) is 0 Å². The largest absolute Gasteiger partial charge is 0.389 e. The highest BCUT2D eigenvalue weighted by Gasteiger charge is 2.32. The van der Waals surface area contributed by atoms with Crippen LogP contribution < -0.4 is 0 Å². The molecule has 0 aliphatic carbocycles. The standard InChI is InChI=1S/C16H29N3O3/c1-13(20)19-6-4-5-14(11-19)15(21)18-9-7-17(8-10-18)12-16(2,3)22/h14,22H,4-12H2,1-3H3. The molecule has 1 unspecified atom stereocenters. The van der Waals surface area contributed by atoms with Gasteiger partial charge >= 0.3 is 0 Å². The van der Waals surface area contributed by atoms with E-state index in [9.17, 15) is 14.7 Å². The van der Waals surface area contributed by atoms with E-state index in [0.717, 1.165) is 32.5 Å². The third-order valence-corrected chi connectivity index (χ3v) is 4.51. The number of hydrogen-bond donors (Lipinski definition) is 1. The topological polar surface area (TPSA) is 64.1 Å². The van der Waals surface area contributed by atoms with Gasteiger partial charge in [0.15, 0.2) is 0 Å². The molecule has 1 N–H and O–H groups in total. The van der Waals surface area contributed by atoms with E-state index >= 15 is 0 Å². The molecule has 2 aliphatic rings. The summed E-state index contributed by atoms with van der Waals surface area (Å²) in [6, 6.07) is 0. The van der Waals surface area contributed by atoms with E-state index in [1.165, 1.54) is 0 Å². The van der Waals surface area contributed by atoms with E-state index in [-0.39, 0.29) is 17.7 Å². The van der Waals surface area contributed by atoms with E-state index in [0.29, 0.717) is 26.2 Å². The fourth-order valence-electron chi connectivity index (χ4n) is 3.40. The molecule has 0 aromatic heterocycles. The fourth-order valence-corrected chi connectivity index (χ4v) is 3.40. The molecule has 6 heteroatoms. The van der Waals surface area contributed by atoms with Gasteiger partial charge in [0.2, 0.25) is 11.8 Å². The second-order valence-electron chi connectivity index (χ2n) is 7.22. The first-order valence-corrected chi connectivity index (χ1v) is 8.25. The number of nitrogens with zero attached hydrogens (tertiary/aromatic N) is 3. The van der Waals surface area contributed by atoms with E-state index in [2.05, 4.69) is 4.90 Å². The van der Waals surface area contributed by atoms with Gasteiger partial charge in [-0.1, -0.05) is 0 Å². The summed E-state index contributed by atoms with van der Waals surface area (Å²) in [5, 5.41) is 9.87. The number of rotatable bonds is 3. The molecule has 2 heterocycles. The minimum atomic E-state index is -0.697. The van der Waals surface area contributed by atoms with Crippen molar-refractivity contribution in [1.82, 2.24) is 14.7 Å². The Morgan fingerprint density at radius 3 is 2.27 bits per heavy atom. The molecule has 6 nitrogen and oxygen atoms in total. The summed E-state index contributed by atoms with van der Waals surface area (Å²) in [5.41, 5.74) is -0.697. The number of carbonyl (C=O) groups excluding carboxylic acids is 2. The maximum absolute atomic E-state index is 12.6. The summed E-state index contributed by atoms with van der Waals surface area (Å²) >= 11 is 0. The predicted molar refractivity (Wildman–Crippen MR) is 84.3 cm³/mol. The lowest BCUT2D eigenvalue weighted by Gasteiger charge is -2.40. The number of aliphatic hydroxyl groups is 1. The van der Waals surface area contributed by atoms with Gasteiger partial charge in [-0.15, -0.1) is 0 Å². The second-order valence-corrected chi connectivity index (χ2v) is 7.22. The molecule has 0 radical (unpaired) electrons. The average Bonchev–Trinajstić information content (AvgIpc) is 2.46. The predicted octanol–water partition coefficient (Wildman–Crippen LogP) is 0.160. The van der Waals surface area contributed by atoms with Crippen LogP contribution in [0.25, 0.3) is 0 Å². The molecule has 2 aliphatic heterocycles. The van der Waals surface area contributed by atoms with Crippen LogP contribution in [0.2, 0.25) is 0 Å². The van der Waals surface area contributed by atoms with Gasteiger partial charge < -0.3 is 14.9 Å². The third kappa shape index (κ3) is 4.68. The van der Waals surface area contributed by atoms with Crippen LogP contribution in [0.4, 0.5) is 0 Å². The molecule has 2 fully saturated rings. The first-order valence-electron chi connectivity index (χ1n) is 8.25. The maximum atomic E-state index is 12.6. The smallest absolute Gasteiger partial charge is 0.227 e. The normalized spacial score (nSPS) is 24.5. The molecule has 0 bridgehead atoms. The molecule has 0 aromatic rings. The van der Waals surface area contributed by atoms with Crippen LogP contribution in [-0.4, -0.2) is 83.0 Å². The minimum absolute atomic E-state index is 0.0431. The average molecular weight is 311 g/mol. The first kappa shape index (κ1) is 17.2. The summed E-state index contributed by atoms with van der Waals surface area (Å²) < 4.78 is 0. The Kier molecular flexibility index (Phi) is 5.45. The van der Waals surface area contributed by atoms with Crippen LogP contribution in [0.1, 0.15) is 33.6 Å². The van der Waals surface area contributed by atoms with Crippen molar-refractivity contribution in [3.63, 3.8) is 0 Å². The Morgan fingerprint density at radius 2 is 1.73 bits per heavy atom. The molecule has 2 rings (SSSR count). The number of β-amino-alcohol motifs (C(OH)–C–C–N with tert-alkyl or cyclic N) is 1. The number of hydrogen-bond acceptors (Lipinski definition) is 4. The van der Waals surface area contributed by atoms with Crippen LogP contribution in [0.3, 0.4) is 0 Å². The zero-order valence-electron chi connectivity index (χ0n) is 14.0. The Labute approximate surface area is 133 Å². The van der Waals surface area contributed by atoms with Crippen molar-refractivity contribution in [1.29, 1.82) is 0 Å². The van der Waals surface area contributed by atoms with Gasteiger partial charge in [0.05, 0.1) is 11.5 Å². The molecule has 22 heavy (non-hydrogen) atoms. The number of piperidine rings is 1. The van der Waals surface area contributed by atoms with Gasteiger partial charge in [-0.25, -0.2) is 0 Å². The molecule has 2 saturated heterocycles. The van der Waals surface area contributed by atoms with Crippen LogP contribution in [0.15, 0.2) is 0 Å². The van der Waals surface area contributed by atoms with Crippen molar-refractivity contribution in [2.75, 3.05) is 45.8 Å². The molecule has 1 atom stereocenters. The van der Waals surface area contributed by atoms with Crippen LogP contribution in [0.5, 0.6) is 0 Å². The SMILES string of the molecule is CC(=O)N1CCCC(C(=O)N2CCN(CC(C)(C)O)CC2)C1. The number of piperazine rings is 1. The lowest BCUT2D eigenvalue weighted by molar-refractivity contribution is -0.141. The van der Waals surface area contributed by atoms with Gasteiger partial charge in [-0.05, 0) is 26.7 Å². The summed E-state index contributed by atoms with van der Waals surface area (Å²) in [6.45, 7) is 10.2. The van der Waals surface area contributed by atoms with Gasteiger partial charge in [-0.3, -0.25) is 14.5 Å². The van der Waals surface area contributed by atoms with Gasteiger partial charge in [-0.2, -0.15) is 0 Å². The first-order chi connectivity index (χ1) is 10.3. The quantitative estimate of drug-likeness (QED) is 0.806. The Bertz CT molecular complexity index is 411. The van der Waals surface area contributed by atoms with E-state index in [1.54, 1.807) is 11.8 Å². The highest BCUT2D eigenvalue weighted by Crippen LogP contribution is 2.20. The van der Waals surface area contributed by atoms with Crippen molar-refractivity contribution in [3.05, 3.63) is 0 Å². The molecular formula is C16H29N3O3. The fraction of sp³-hybridized carbons (Fsp3) is 0.875. The van der Waals surface area contributed by atoms with E-state index in [4.69, 9.17) is 0 Å². The lowest BCUT2D eigenvalue weighted by atomic mass is 9.96. The molecule has 126 valence electrons. The van der Waals surface area contributed by atoms with Gasteiger partial charge in [0.25, 0.3) is 0 Å². The second kappa shape index (κ2) is 6.96. The Hall–Kier alpha value is -1.14. The van der Waals surface area contributed by atoms with Crippen molar-refractivity contribution < 1.29 is 14.7 Å². The van der Waals surface area contributed by atoms with E-state index < -0.39 is 5.60 Å². The van der Waals surface area contributed by atoms with Crippen LogP contribution >= 0.6 is 0 Å². The maximum Gasteiger partial charge on any atom is 0.227 e. The number of carbonyl (C=O) groups is 2. The number of likely N-dealkylation sites (tertiary alicyclic amines) is 1. The van der Waals surface area contributed by atoms with E-state index in [1.807, 2.05) is 18.7 Å². The molecular weight excluding hydrogens is 282 g/mol. The van der Waals surface area contributed by atoms with Crippen LogP contribution in [0, 0.1) is 5.92 Å². The summed E-state index contributed by atoms with van der Waals surface area (Å²) in [6.07, 6.45) is 1.79. The minimum Gasteiger partial charge on any atom is -0.389 e. The van der Waals surface area contributed by atoms with Crippen molar-refractivity contribution >= 4 is 11.8 Å². The van der Waals surface area contributed by atoms with Crippen LogP contribution in [-0.2, 0) is 9.59 Å². The number of amides is 2. The molecule has 0 aromatic carbocycles. The summed E-state index contributed by atoms with van der Waals surface area (Å²) in [7, 11) is 0. The monoisotopic (exact) mass is 311 g/mol. The Balaban J connectivity index is 1.83. The highest BCUT2D eigenvalue weighted by molar-refractivity contribution is 5.81. The van der Waals surface area contributed by atoms with Crippen molar-refractivity contribution in [3.8, 4) is 0 Å². The van der Waals surface area contributed by atoms with Crippen molar-refractivity contribution in [2.45, 2.75) is 39.2 Å². The molecule has 0 spiro atoms. The van der Waals surface area contributed by atoms with Crippen molar-refractivity contribution in [2.24, 2.45) is 5.92 Å². The third-order valence-electron chi connectivity index (χ3n) is 4.51. The highest BCUT2D eigenvalue weighted by atomic mass is 16.3. The Morgan fingerprint density at radius 1 is 1.09 bits per heavy atom. The van der Waals surface area contributed by atoms with Gasteiger partial charge in [0, 0.05) is 52.7 Å². The molecule has 0 saturated carbocycles. The zero-order valence-corrected chi connectivity index (χ0v) is 14.0.